The Kier molecular flexibility index (Phi) is 4.69. The second-order valence-corrected chi connectivity index (χ2v) is 5.94. The van der Waals surface area contributed by atoms with Gasteiger partial charge in [-0.25, -0.2) is 0 Å². The number of carbonyl (C=O) groups is 1. The minimum absolute atomic E-state index is 0.104. The summed E-state index contributed by atoms with van der Waals surface area (Å²) in [5, 5.41) is 0. The zero-order valence-corrected chi connectivity index (χ0v) is 13.0. The molecule has 1 fully saturated rings. The molecule has 3 heteroatoms. The molecule has 2 rings (SSSR count). The number of benzene rings is 1. The predicted octanol–water partition coefficient (Wildman–Crippen LogP) is 3.47. The Hall–Kier alpha value is -1.51. The Morgan fingerprint density at radius 2 is 1.75 bits per heavy atom. The molecule has 2 unspecified atom stereocenters. The zero-order valence-electron chi connectivity index (χ0n) is 13.0. The van der Waals surface area contributed by atoms with Crippen LogP contribution in [0.15, 0.2) is 18.2 Å². The van der Waals surface area contributed by atoms with Gasteiger partial charge in [0, 0.05) is 12.1 Å². The first kappa shape index (κ1) is 14.9. The van der Waals surface area contributed by atoms with Crippen LogP contribution in [0, 0.1) is 13.8 Å². The molecule has 1 amide bonds. The molecule has 2 atom stereocenters. The average Bonchev–Trinajstić information content (AvgIpc) is 2.38. The van der Waals surface area contributed by atoms with Crippen LogP contribution in [-0.2, 0) is 4.79 Å². The lowest BCUT2D eigenvalue weighted by molar-refractivity contribution is -0.139. The molecule has 3 nitrogen and oxygen atoms in total. The number of rotatable bonds is 3. The van der Waals surface area contributed by atoms with Crippen LogP contribution in [0.2, 0.25) is 0 Å². The molecule has 20 heavy (non-hydrogen) atoms. The van der Waals surface area contributed by atoms with Crippen molar-refractivity contribution >= 4 is 5.91 Å². The number of aryl methyl sites for hydroxylation is 2. The maximum Gasteiger partial charge on any atom is 0.260 e. The van der Waals surface area contributed by atoms with Crippen molar-refractivity contribution in [3.8, 4) is 5.75 Å². The molecule has 0 aliphatic carbocycles. The Labute approximate surface area is 121 Å². The third kappa shape index (κ3) is 3.14. The standard InChI is InChI=1S/C17H25NO2/c1-12-7-5-8-13(2)17(12)20-11-16(19)18-14(3)9-6-10-15(18)4/h5,7-8,14-15H,6,9-11H2,1-4H3. The molecule has 0 aromatic heterocycles. The van der Waals surface area contributed by atoms with Crippen LogP contribution in [0.5, 0.6) is 5.75 Å². The van der Waals surface area contributed by atoms with Gasteiger partial charge in [0.2, 0.25) is 0 Å². The smallest absolute Gasteiger partial charge is 0.260 e. The average molecular weight is 275 g/mol. The predicted molar refractivity (Wildman–Crippen MR) is 81.0 cm³/mol. The van der Waals surface area contributed by atoms with Gasteiger partial charge in [-0.2, -0.15) is 0 Å². The third-order valence-corrected chi connectivity index (χ3v) is 4.23. The van der Waals surface area contributed by atoms with Gasteiger partial charge in [0.25, 0.3) is 5.91 Å². The van der Waals surface area contributed by atoms with Crippen molar-refractivity contribution in [3.05, 3.63) is 29.3 Å². The Balaban J connectivity index is 2.01. The number of nitrogens with zero attached hydrogens (tertiary/aromatic N) is 1. The van der Waals surface area contributed by atoms with E-state index < -0.39 is 0 Å². The zero-order chi connectivity index (χ0) is 14.7. The van der Waals surface area contributed by atoms with Crippen LogP contribution >= 0.6 is 0 Å². The SMILES string of the molecule is Cc1cccc(C)c1OCC(=O)N1C(C)CCCC1C. The fourth-order valence-corrected chi connectivity index (χ4v) is 3.15. The van der Waals surface area contributed by atoms with E-state index in [0.717, 1.165) is 29.7 Å². The number of hydrogen-bond acceptors (Lipinski definition) is 2. The summed E-state index contributed by atoms with van der Waals surface area (Å²) >= 11 is 0. The van der Waals surface area contributed by atoms with Gasteiger partial charge < -0.3 is 9.64 Å². The topological polar surface area (TPSA) is 29.5 Å². The molecule has 1 saturated heterocycles. The maximum absolute atomic E-state index is 12.4. The van der Waals surface area contributed by atoms with Gasteiger partial charge in [0.1, 0.15) is 5.75 Å². The summed E-state index contributed by atoms with van der Waals surface area (Å²) in [6.07, 6.45) is 3.41. The van der Waals surface area contributed by atoms with Crippen LogP contribution in [-0.4, -0.2) is 29.5 Å². The van der Waals surface area contributed by atoms with E-state index in [9.17, 15) is 4.79 Å². The van der Waals surface area contributed by atoms with Gasteiger partial charge in [0.05, 0.1) is 0 Å². The highest BCUT2D eigenvalue weighted by Gasteiger charge is 2.29. The normalized spacial score (nSPS) is 22.7. The summed E-state index contributed by atoms with van der Waals surface area (Å²) in [6, 6.07) is 6.69. The fourth-order valence-electron chi connectivity index (χ4n) is 3.15. The molecule has 110 valence electrons. The van der Waals surface area contributed by atoms with Crippen molar-refractivity contribution in [1.82, 2.24) is 4.90 Å². The molecule has 1 aliphatic rings. The van der Waals surface area contributed by atoms with Gasteiger partial charge in [0.15, 0.2) is 6.61 Å². The summed E-state index contributed by atoms with van der Waals surface area (Å²) in [5.74, 6) is 0.950. The molecule has 0 saturated carbocycles. The number of likely N-dealkylation sites (tertiary alicyclic amines) is 1. The molecular formula is C17H25NO2. The van der Waals surface area contributed by atoms with E-state index in [-0.39, 0.29) is 12.5 Å². The van der Waals surface area contributed by atoms with Gasteiger partial charge in [-0.3, -0.25) is 4.79 Å². The van der Waals surface area contributed by atoms with Crippen molar-refractivity contribution in [1.29, 1.82) is 0 Å². The van der Waals surface area contributed by atoms with Crippen LogP contribution < -0.4 is 4.74 Å². The lowest BCUT2D eigenvalue weighted by Crippen LogP contribution is -2.49. The summed E-state index contributed by atoms with van der Waals surface area (Å²) in [6.45, 7) is 8.43. The third-order valence-electron chi connectivity index (χ3n) is 4.23. The Bertz CT molecular complexity index is 454. The van der Waals surface area contributed by atoms with Crippen LogP contribution in [0.25, 0.3) is 0 Å². The van der Waals surface area contributed by atoms with Gasteiger partial charge in [-0.1, -0.05) is 18.2 Å². The molecule has 1 heterocycles. The molecule has 1 aromatic rings. The minimum atomic E-state index is 0.104. The Morgan fingerprint density at radius 3 is 2.30 bits per heavy atom. The second-order valence-electron chi connectivity index (χ2n) is 5.94. The van der Waals surface area contributed by atoms with Gasteiger partial charge in [-0.15, -0.1) is 0 Å². The van der Waals surface area contributed by atoms with Crippen molar-refractivity contribution in [2.24, 2.45) is 0 Å². The quantitative estimate of drug-likeness (QED) is 0.845. The summed E-state index contributed by atoms with van der Waals surface area (Å²) < 4.78 is 5.79. The van der Waals surface area contributed by atoms with Crippen molar-refractivity contribution in [2.45, 2.75) is 59.0 Å². The monoisotopic (exact) mass is 275 g/mol. The summed E-state index contributed by atoms with van der Waals surface area (Å²) in [7, 11) is 0. The molecule has 1 aliphatic heterocycles. The van der Waals surface area contributed by atoms with E-state index in [1.807, 2.05) is 36.9 Å². The largest absolute Gasteiger partial charge is 0.483 e. The lowest BCUT2D eigenvalue weighted by Gasteiger charge is -2.39. The first-order valence-electron chi connectivity index (χ1n) is 7.51. The molecular weight excluding hydrogens is 250 g/mol. The molecule has 1 aromatic carbocycles. The lowest BCUT2D eigenvalue weighted by atomic mass is 9.97. The molecule has 0 spiro atoms. The van der Waals surface area contributed by atoms with Crippen LogP contribution in [0.3, 0.4) is 0 Å². The Morgan fingerprint density at radius 1 is 1.20 bits per heavy atom. The van der Waals surface area contributed by atoms with E-state index in [0.29, 0.717) is 12.1 Å². The van der Waals surface area contributed by atoms with Crippen molar-refractivity contribution in [3.63, 3.8) is 0 Å². The first-order valence-corrected chi connectivity index (χ1v) is 7.51. The van der Waals surface area contributed by atoms with E-state index in [1.54, 1.807) is 0 Å². The van der Waals surface area contributed by atoms with E-state index >= 15 is 0 Å². The highest BCUT2D eigenvalue weighted by atomic mass is 16.5. The van der Waals surface area contributed by atoms with E-state index in [1.165, 1.54) is 6.42 Å². The highest BCUT2D eigenvalue weighted by Crippen LogP contribution is 2.25. The fraction of sp³-hybridized carbons (Fsp3) is 0.588. The maximum atomic E-state index is 12.4. The molecule has 0 bridgehead atoms. The number of piperidine rings is 1. The highest BCUT2D eigenvalue weighted by molar-refractivity contribution is 5.78. The first-order chi connectivity index (χ1) is 9.50. The van der Waals surface area contributed by atoms with Gasteiger partial charge in [-0.05, 0) is 58.1 Å². The second kappa shape index (κ2) is 6.29. The van der Waals surface area contributed by atoms with Gasteiger partial charge >= 0.3 is 0 Å². The number of ether oxygens (including phenoxy) is 1. The van der Waals surface area contributed by atoms with E-state index in [4.69, 9.17) is 4.74 Å². The number of carbonyl (C=O) groups excluding carboxylic acids is 1. The van der Waals surface area contributed by atoms with E-state index in [2.05, 4.69) is 13.8 Å². The van der Waals surface area contributed by atoms with Crippen molar-refractivity contribution in [2.75, 3.05) is 6.61 Å². The molecule has 0 N–H and O–H groups in total. The van der Waals surface area contributed by atoms with Crippen LogP contribution in [0.4, 0.5) is 0 Å². The number of amides is 1. The number of para-hydroxylation sites is 1. The minimum Gasteiger partial charge on any atom is -0.483 e. The van der Waals surface area contributed by atoms with Crippen molar-refractivity contribution < 1.29 is 9.53 Å². The summed E-state index contributed by atoms with van der Waals surface area (Å²) in [4.78, 5) is 14.4. The van der Waals surface area contributed by atoms with Crippen LogP contribution in [0.1, 0.15) is 44.2 Å². The molecule has 0 radical (unpaired) electrons. The summed E-state index contributed by atoms with van der Waals surface area (Å²) in [5.41, 5.74) is 2.16. The number of hydrogen-bond donors (Lipinski definition) is 0.